The van der Waals surface area contributed by atoms with Crippen LogP contribution in [0, 0.1) is 27.4 Å². The summed E-state index contributed by atoms with van der Waals surface area (Å²) in [6.07, 6.45) is 2.31. The number of phenolic OH excluding ortho intramolecular Hbond substituents is 1. The first-order valence-electron chi connectivity index (χ1n) is 13.7. The predicted octanol–water partition coefficient (Wildman–Crippen LogP) is 1.13. The van der Waals surface area contributed by atoms with Gasteiger partial charge in [0, 0.05) is 29.4 Å². The molecule has 0 radical (unpaired) electrons. The van der Waals surface area contributed by atoms with Gasteiger partial charge in [-0.1, -0.05) is 20.3 Å². The average molecular weight is 713 g/mol. The Hall–Kier alpha value is -2.62. The molecule has 0 heterocycles. The molecule has 236 valence electrons. The third-order valence-corrected chi connectivity index (χ3v) is 8.04. The van der Waals surface area contributed by atoms with Gasteiger partial charge in [0.15, 0.2) is 6.54 Å². The molecule has 4 rings (SSSR count). The Labute approximate surface area is 260 Å². The molecule has 0 aliphatic heterocycles. The zero-order chi connectivity index (χ0) is 30.8. The molecule has 3 aliphatic carbocycles. The Morgan fingerprint density at radius 1 is 1.14 bits per heavy atom. The molecule has 0 amide bonds. The number of unbranched alkanes of at least 4 members (excludes halogenated alkanes) is 3. The second-order valence-corrected chi connectivity index (χ2v) is 12.5. The number of quaternary nitrogens is 1. The van der Waals surface area contributed by atoms with Crippen molar-refractivity contribution >= 4 is 17.7 Å². The Morgan fingerprint density at radius 3 is 2.31 bits per heavy atom. The number of carbonyl (C=O) groups is 3. The number of phenols is 1. The van der Waals surface area contributed by atoms with Crippen LogP contribution in [0.3, 0.4) is 0 Å². The van der Waals surface area contributed by atoms with Crippen LogP contribution in [-0.2, 0) is 29.9 Å². The van der Waals surface area contributed by atoms with Crippen LogP contribution in [0.2, 0.25) is 0 Å². The molecule has 3 saturated carbocycles. The lowest BCUT2D eigenvalue weighted by Crippen LogP contribution is -3.00. The number of rotatable bonds is 14. The van der Waals surface area contributed by atoms with Gasteiger partial charge in [-0.05, 0) is 49.1 Å². The van der Waals surface area contributed by atoms with E-state index < -0.39 is 40.2 Å². The summed E-state index contributed by atoms with van der Waals surface area (Å²) in [7, 11) is 5.24. The number of alkyl halides is 2. The number of fused-ring (bicyclic) bond motifs is 2. The molecule has 1 aromatic carbocycles. The highest BCUT2D eigenvalue weighted by molar-refractivity contribution is 5.86. The molecule has 3 aliphatic rings. The summed E-state index contributed by atoms with van der Waals surface area (Å²) in [5, 5.41) is 20.2. The Kier molecular flexibility index (Phi) is 11.7. The van der Waals surface area contributed by atoms with Crippen molar-refractivity contribution in [3.8, 4) is 11.5 Å². The fourth-order valence-corrected chi connectivity index (χ4v) is 5.86. The standard InChI is InChI=1S/C28H38F2N2O9.HI/c1-27(2)19-15-20(27)21(33)14-18(19)25-22(34)12-17(13-23(25)41-24(35)16-32(3,4)5)28(29,30)26(36)39-10-8-6-7-9-11-40-31(37)38;/h12-13,18-20H,6-11,14-16H2,1-5H3;1H/t18-,19+,20+;/m0./s1. The molecule has 42 heavy (non-hydrogen) atoms. The zero-order valence-electron chi connectivity index (χ0n) is 24.5. The number of Topliss-reactive ketones (excluding diaryl/α,β-unsaturated/α-hetero) is 1. The molecule has 1 N–H and O–H groups in total. The Bertz CT molecular complexity index is 1190. The summed E-state index contributed by atoms with van der Waals surface area (Å²) in [5.74, 6) is -8.29. The number of hydrogen-bond acceptors (Lipinski definition) is 9. The van der Waals surface area contributed by atoms with Crippen LogP contribution in [0.15, 0.2) is 12.1 Å². The molecule has 3 fully saturated rings. The van der Waals surface area contributed by atoms with Crippen molar-refractivity contribution in [2.45, 2.75) is 64.2 Å². The van der Waals surface area contributed by atoms with Crippen molar-refractivity contribution in [1.29, 1.82) is 0 Å². The number of aromatic hydroxyl groups is 1. The van der Waals surface area contributed by atoms with Gasteiger partial charge in [0.2, 0.25) is 0 Å². The first-order valence-corrected chi connectivity index (χ1v) is 13.7. The molecular formula is C28H39F2IN2O9. The predicted molar refractivity (Wildman–Crippen MR) is 141 cm³/mol. The summed E-state index contributed by atoms with van der Waals surface area (Å²) in [6.45, 7) is 3.42. The second-order valence-electron chi connectivity index (χ2n) is 12.5. The van der Waals surface area contributed by atoms with Crippen LogP contribution in [0.1, 0.15) is 69.4 Å². The van der Waals surface area contributed by atoms with Gasteiger partial charge in [0.25, 0.3) is 5.09 Å². The van der Waals surface area contributed by atoms with E-state index >= 15 is 8.78 Å². The minimum Gasteiger partial charge on any atom is -1.00 e. The lowest BCUT2D eigenvalue weighted by molar-refractivity contribution is -0.862. The summed E-state index contributed by atoms with van der Waals surface area (Å²) >= 11 is 0. The van der Waals surface area contributed by atoms with E-state index in [1.807, 2.05) is 13.8 Å². The normalized spacial score (nSPS) is 21.0. The third kappa shape index (κ3) is 8.26. The third-order valence-electron chi connectivity index (χ3n) is 8.04. The number of esters is 2. The number of halogens is 3. The molecule has 2 bridgehead atoms. The average Bonchev–Trinajstić information content (AvgIpc) is 2.83. The maximum absolute atomic E-state index is 15.2. The largest absolute Gasteiger partial charge is 1.00 e. The van der Waals surface area contributed by atoms with E-state index in [-0.39, 0.29) is 95.4 Å². The van der Waals surface area contributed by atoms with Gasteiger partial charge >= 0.3 is 17.9 Å². The Morgan fingerprint density at radius 2 is 1.76 bits per heavy atom. The number of hydrogen-bond donors (Lipinski definition) is 1. The van der Waals surface area contributed by atoms with Gasteiger partial charge in [-0.2, -0.15) is 8.78 Å². The first-order chi connectivity index (χ1) is 18.9. The summed E-state index contributed by atoms with van der Waals surface area (Å²) < 4.78 is 41.0. The number of carbonyl (C=O) groups excluding carboxylic acids is 3. The minimum atomic E-state index is -4.17. The van der Waals surface area contributed by atoms with Gasteiger partial charge in [0.05, 0.1) is 34.4 Å². The van der Waals surface area contributed by atoms with Gasteiger partial charge < -0.3 is 47.9 Å². The topological polar surface area (TPSA) is 142 Å². The van der Waals surface area contributed by atoms with Crippen molar-refractivity contribution in [3.05, 3.63) is 33.4 Å². The second kappa shape index (κ2) is 13.8. The molecule has 0 aromatic heterocycles. The van der Waals surface area contributed by atoms with E-state index in [1.165, 1.54) is 0 Å². The molecule has 11 nitrogen and oxygen atoms in total. The van der Waals surface area contributed by atoms with Crippen LogP contribution in [0.25, 0.3) is 0 Å². The number of nitrogens with zero attached hydrogens (tertiary/aromatic N) is 2. The summed E-state index contributed by atoms with van der Waals surface area (Å²) in [6, 6.07) is 1.65. The quantitative estimate of drug-likeness (QED) is 0.0572. The fourth-order valence-electron chi connectivity index (χ4n) is 5.86. The summed E-state index contributed by atoms with van der Waals surface area (Å²) in [4.78, 5) is 52.2. The molecule has 0 unspecified atom stereocenters. The van der Waals surface area contributed by atoms with Gasteiger partial charge in [0.1, 0.15) is 17.3 Å². The number of ketones is 1. The van der Waals surface area contributed by atoms with Crippen molar-refractivity contribution in [2.24, 2.45) is 17.3 Å². The van der Waals surface area contributed by atoms with Gasteiger partial charge in [-0.15, -0.1) is 10.1 Å². The van der Waals surface area contributed by atoms with E-state index in [0.717, 1.165) is 12.1 Å². The highest BCUT2D eigenvalue weighted by Gasteiger charge is 2.59. The van der Waals surface area contributed by atoms with E-state index in [2.05, 4.69) is 4.84 Å². The van der Waals surface area contributed by atoms with Crippen LogP contribution in [0.5, 0.6) is 11.5 Å². The van der Waals surface area contributed by atoms with Crippen molar-refractivity contribution < 1.29 is 76.1 Å². The fraction of sp³-hybridized carbons (Fsp3) is 0.679. The smallest absolute Gasteiger partial charge is 0.381 e. The highest BCUT2D eigenvalue weighted by Crippen LogP contribution is 2.64. The van der Waals surface area contributed by atoms with Crippen LogP contribution >= 0.6 is 0 Å². The van der Waals surface area contributed by atoms with Crippen LogP contribution in [-0.4, -0.2) is 73.3 Å². The molecular weight excluding hydrogens is 673 g/mol. The maximum atomic E-state index is 15.2. The molecule has 1 aromatic rings. The summed E-state index contributed by atoms with van der Waals surface area (Å²) in [5.41, 5.74) is -1.15. The molecule has 0 spiro atoms. The van der Waals surface area contributed by atoms with Crippen LogP contribution in [0.4, 0.5) is 8.78 Å². The van der Waals surface area contributed by atoms with Gasteiger partial charge in [-0.25, -0.2) is 9.59 Å². The number of benzene rings is 1. The van der Waals surface area contributed by atoms with Crippen LogP contribution < -0.4 is 28.7 Å². The molecule has 3 atom stereocenters. The van der Waals surface area contributed by atoms with E-state index in [1.54, 1.807) is 21.1 Å². The molecule has 14 heteroatoms. The van der Waals surface area contributed by atoms with Crippen molar-refractivity contribution in [2.75, 3.05) is 40.9 Å². The minimum absolute atomic E-state index is 0. The Balaban J connectivity index is 0.00000616. The highest BCUT2D eigenvalue weighted by atomic mass is 127. The lowest BCUT2D eigenvalue weighted by atomic mass is 9.44. The zero-order valence-corrected chi connectivity index (χ0v) is 26.6. The van der Waals surface area contributed by atoms with E-state index in [4.69, 9.17) is 9.47 Å². The SMILES string of the molecule is CC1(C)[C@@H]2C[C@@H]1[C@@H](c1c(O)cc(C(F)(F)C(=O)OCCCCCCO[N+](=O)[O-])cc1OC(=O)C[N+](C)(C)C)CC2=O.[I-]. The number of likely N-dealkylation sites (N-methyl/N-ethyl adjacent to an activating group) is 1. The van der Waals surface area contributed by atoms with Crippen molar-refractivity contribution in [3.63, 3.8) is 0 Å². The van der Waals surface area contributed by atoms with Crippen molar-refractivity contribution in [1.82, 2.24) is 0 Å². The first kappa shape index (κ1) is 35.6. The monoisotopic (exact) mass is 712 g/mol. The van der Waals surface area contributed by atoms with Gasteiger partial charge in [-0.3, -0.25) is 4.79 Å². The van der Waals surface area contributed by atoms with E-state index in [9.17, 15) is 29.6 Å². The maximum Gasteiger partial charge on any atom is 0.381 e. The lowest BCUT2D eigenvalue weighted by Gasteiger charge is -2.59. The molecule has 0 saturated heterocycles. The van der Waals surface area contributed by atoms with E-state index in [0.29, 0.717) is 25.7 Å². The number of ether oxygens (including phenoxy) is 2.